The molecule has 1 heterocycles. The number of hydrazone groups is 1. The van der Waals surface area contributed by atoms with Crippen LogP contribution in [0.2, 0.25) is 0 Å². The zero-order valence-electron chi connectivity index (χ0n) is 20.9. The number of nitrogens with zero attached hydrogens (tertiary/aromatic N) is 6. The second kappa shape index (κ2) is 11.1. The van der Waals surface area contributed by atoms with Crippen molar-refractivity contribution in [3.8, 4) is 0 Å². The number of hydrogen-bond donors (Lipinski definition) is 3. The van der Waals surface area contributed by atoms with Crippen molar-refractivity contribution in [1.29, 1.82) is 0 Å². The number of hydrogen-bond acceptors (Lipinski definition) is 10. The molecule has 11 heteroatoms. The average Bonchev–Trinajstić information content (AvgIpc) is 2.87. The van der Waals surface area contributed by atoms with Crippen LogP contribution in [0.25, 0.3) is 0 Å². The first-order valence-electron chi connectivity index (χ1n) is 11.4. The van der Waals surface area contributed by atoms with Crippen LogP contribution in [-0.2, 0) is 0 Å². The van der Waals surface area contributed by atoms with Crippen LogP contribution in [0.1, 0.15) is 16.7 Å². The van der Waals surface area contributed by atoms with Crippen LogP contribution in [-0.4, -0.2) is 40.2 Å². The lowest BCUT2D eigenvalue weighted by Crippen LogP contribution is -2.08. The lowest BCUT2D eigenvalue weighted by Gasteiger charge is -2.12. The molecule has 3 N–H and O–H groups in total. The largest absolute Gasteiger partial charge is 0.378 e. The lowest BCUT2D eigenvalue weighted by atomic mass is 10.1. The zero-order chi connectivity index (χ0) is 26.4. The summed E-state index contributed by atoms with van der Waals surface area (Å²) in [5.41, 5.74) is 8.57. The van der Waals surface area contributed by atoms with Crippen molar-refractivity contribution in [3.05, 3.63) is 93.5 Å². The highest BCUT2D eigenvalue weighted by molar-refractivity contribution is 5.80. The first-order chi connectivity index (χ1) is 17.8. The number of nitro groups is 1. The first kappa shape index (κ1) is 25.0. The maximum absolute atomic E-state index is 10.9. The Morgan fingerprint density at radius 3 is 2.00 bits per heavy atom. The van der Waals surface area contributed by atoms with E-state index < -0.39 is 4.92 Å². The van der Waals surface area contributed by atoms with Gasteiger partial charge in [0, 0.05) is 43.3 Å². The van der Waals surface area contributed by atoms with Gasteiger partial charge in [-0.1, -0.05) is 18.2 Å². The quantitative estimate of drug-likeness (QED) is 0.158. The van der Waals surface area contributed by atoms with E-state index in [0.29, 0.717) is 11.6 Å². The molecule has 0 saturated carbocycles. The second-order valence-electron chi connectivity index (χ2n) is 8.52. The number of non-ortho nitro benzene ring substituents is 1. The minimum Gasteiger partial charge on any atom is -0.378 e. The maximum Gasteiger partial charge on any atom is 0.269 e. The highest BCUT2D eigenvalue weighted by Gasteiger charge is 2.10. The highest BCUT2D eigenvalue weighted by Crippen LogP contribution is 2.22. The molecule has 0 radical (unpaired) electrons. The van der Waals surface area contributed by atoms with Crippen LogP contribution >= 0.6 is 0 Å². The number of rotatable bonds is 9. The first-order valence-corrected chi connectivity index (χ1v) is 11.4. The van der Waals surface area contributed by atoms with Gasteiger partial charge in [-0.2, -0.15) is 20.1 Å². The Balaban J connectivity index is 1.57. The van der Waals surface area contributed by atoms with Gasteiger partial charge in [-0.25, -0.2) is 5.43 Å². The van der Waals surface area contributed by atoms with Gasteiger partial charge in [0.1, 0.15) is 0 Å². The number of aromatic nitrogens is 3. The third-order valence-corrected chi connectivity index (χ3v) is 5.52. The standard InChI is InChI=1S/C26H27N9O2/c1-17-5-8-21(15-18(17)2)29-25-30-24(28-20-9-13-23(14-10-20)35(36)37)31-26(32-25)33-27-16-19-6-11-22(12-7-19)34(3)4/h5-16H,1-4H3,(H3,28,29,30,31,32,33)/b27-16+. The van der Waals surface area contributed by atoms with E-state index in [1.165, 1.54) is 17.7 Å². The van der Waals surface area contributed by atoms with Gasteiger partial charge in [-0.3, -0.25) is 10.1 Å². The molecule has 188 valence electrons. The Morgan fingerprint density at radius 1 is 0.811 bits per heavy atom. The molecule has 11 nitrogen and oxygen atoms in total. The topological polar surface area (TPSA) is 134 Å². The molecule has 4 aromatic rings. The van der Waals surface area contributed by atoms with Gasteiger partial charge < -0.3 is 15.5 Å². The molecule has 0 aliphatic rings. The lowest BCUT2D eigenvalue weighted by molar-refractivity contribution is -0.384. The van der Waals surface area contributed by atoms with E-state index in [9.17, 15) is 10.1 Å². The summed E-state index contributed by atoms with van der Waals surface area (Å²) in [7, 11) is 3.97. The Kier molecular flexibility index (Phi) is 7.53. The summed E-state index contributed by atoms with van der Waals surface area (Å²) >= 11 is 0. The zero-order valence-corrected chi connectivity index (χ0v) is 20.9. The number of nitrogens with one attached hydrogen (secondary N) is 3. The molecule has 4 rings (SSSR count). The van der Waals surface area contributed by atoms with Crippen molar-refractivity contribution in [2.24, 2.45) is 5.10 Å². The van der Waals surface area contributed by atoms with Gasteiger partial charge in [0.15, 0.2) is 0 Å². The average molecular weight is 498 g/mol. The van der Waals surface area contributed by atoms with Crippen molar-refractivity contribution in [2.45, 2.75) is 13.8 Å². The van der Waals surface area contributed by atoms with E-state index in [-0.39, 0.29) is 17.6 Å². The van der Waals surface area contributed by atoms with Crippen LogP contribution in [0.5, 0.6) is 0 Å². The van der Waals surface area contributed by atoms with E-state index in [4.69, 9.17) is 0 Å². The molecule has 0 atom stereocenters. The van der Waals surface area contributed by atoms with Gasteiger partial charge in [0.05, 0.1) is 11.1 Å². The molecule has 0 unspecified atom stereocenters. The summed E-state index contributed by atoms with van der Waals surface area (Å²) in [5.74, 6) is 0.755. The molecule has 1 aromatic heterocycles. The Hall–Kier alpha value is -5.06. The molecule has 0 spiro atoms. The third-order valence-electron chi connectivity index (χ3n) is 5.52. The number of nitro benzene ring substituents is 1. The van der Waals surface area contributed by atoms with Gasteiger partial charge in [0.2, 0.25) is 17.8 Å². The molecule has 37 heavy (non-hydrogen) atoms. The molecule has 0 fully saturated rings. The molecule has 0 bridgehead atoms. The Bertz CT molecular complexity index is 1420. The predicted molar refractivity (Wildman–Crippen MR) is 147 cm³/mol. The van der Waals surface area contributed by atoms with E-state index in [1.807, 2.05) is 75.3 Å². The summed E-state index contributed by atoms with van der Waals surface area (Å²) < 4.78 is 0. The van der Waals surface area contributed by atoms with Gasteiger partial charge in [-0.05, 0) is 66.9 Å². The van der Waals surface area contributed by atoms with E-state index >= 15 is 0 Å². The summed E-state index contributed by atoms with van der Waals surface area (Å²) in [4.78, 5) is 25.8. The third kappa shape index (κ3) is 6.75. The highest BCUT2D eigenvalue weighted by atomic mass is 16.6. The molecule has 3 aromatic carbocycles. The predicted octanol–water partition coefficient (Wildman–Crippen LogP) is 5.40. The smallest absolute Gasteiger partial charge is 0.269 e. The summed E-state index contributed by atoms with van der Waals surface area (Å²) in [5, 5.41) is 21.5. The molecule has 0 aliphatic carbocycles. The normalized spacial score (nSPS) is 10.8. The van der Waals surface area contributed by atoms with Crippen molar-refractivity contribution >= 4 is 46.8 Å². The number of aryl methyl sites for hydroxylation is 2. The Labute approximate surface area is 214 Å². The molecular weight excluding hydrogens is 470 g/mol. The van der Waals surface area contributed by atoms with E-state index in [2.05, 4.69) is 36.1 Å². The molecule has 0 amide bonds. The molecule has 0 saturated heterocycles. The summed E-state index contributed by atoms with van der Waals surface area (Å²) in [6.45, 7) is 4.07. The Morgan fingerprint density at radius 2 is 1.41 bits per heavy atom. The van der Waals surface area contributed by atoms with E-state index in [1.54, 1.807) is 18.3 Å². The number of anilines is 6. The van der Waals surface area contributed by atoms with Crippen LogP contribution < -0.4 is 21.0 Å². The fourth-order valence-corrected chi connectivity index (χ4v) is 3.30. The van der Waals surface area contributed by atoms with E-state index in [0.717, 1.165) is 22.5 Å². The second-order valence-corrected chi connectivity index (χ2v) is 8.52. The monoisotopic (exact) mass is 497 g/mol. The van der Waals surface area contributed by atoms with Crippen molar-refractivity contribution in [1.82, 2.24) is 15.0 Å². The molecular formula is C26H27N9O2. The van der Waals surface area contributed by atoms with Gasteiger partial charge in [-0.15, -0.1) is 0 Å². The minimum absolute atomic E-state index is 0.00593. The SMILES string of the molecule is Cc1ccc(Nc2nc(N/N=C/c3ccc(N(C)C)cc3)nc(Nc3ccc([N+](=O)[O-])cc3)n2)cc1C. The van der Waals surface area contributed by atoms with Crippen molar-refractivity contribution < 1.29 is 4.92 Å². The van der Waals surface area contributed by atoms with Crippen molar-refractivity contribution in [3.63, 3.8) is 0 Å². The number of benzene rings is 3. The van der Waals surface area contributed by atoms with Crippen LogP contribution in [0, 0.1) is 24.0 Å². The maximum atomic E-state index is 10.9. The van der Waals surface area contributed by atoms with Gasteiger partial charge >= 0.3 is 0 Å². The van der Waals surface area contributed by atoms with Crippen LogP contribution in [0.4, 0.5) is 40.6 Å². The molecule has 0 aliphatic heterocycles. The van der Waals surface area contributed by atoms with Crippen molar-refractivity contribution in [2.75, 3.05) is 35.1 Å². The summed E-state index contributed by atoms with van der Waals surface area (Å²) in [6, 6.07) is 19.9. The fraction of sp³-hybridized carbons (Fsp3) is 0.154. The van der Waals surface area contributed by atoms with Crippen LogP contribution in [0.15, 0.2) is 71.8 Å². The fourth-order valence-electron chi connectivity index (χ4n) is 3.30. The summed E-state index contributed by atoms with van der Waals surface area (Å²) in [6.07, 6.45) is 1.67. The minimum atomic E-state index is -0.452. The van der Waals surface area contributed by atoms with Gasteiger partial charge in [0.25, 0.3) is 5.69 Å². The van der Waals surface area contributed by atoms with Crippen LogP contribution in [0.3, 0.4) is 0 Å².